The minimum atomic E-state index is -0.765. The van der Waals surface area contributed by atoms with Gasteiger partial charge < -0.3 is 9.84 Å². The van der Waals surface area contributed by atoms with E-state index in [0.717, 1.165) is 14.6 Å². The summed E-state index contributed by atoms with van der Waals surface area (Å²) >= 11 is 3.98. The summed E-state index contributed by atoms with van der Waals surface area (Å²) in [6.45, 7) is 3.57. The number of methoxy groups -OCH3 is 1. The van der Waals surface area contributed by atoms with Crippen LogP contribution >= 0.6 is 34.0 Å². The molecule has 1 amide bonds. The number of fused-ring (bicyclic) bond motifs is 1. The van der Waals surface area contributed by atoms with E-state index < -0.39 is 17.7 Å². The number of carbonyl (C=O) groups is 2. The smallest absolute Gasteiger partial charge is 0.296 e. The first-order chi connectivity index (χ1) is 15.4. The van der Waals surface area contributed by atoms with Gasteiger partial charge in [0, 0.05) is 4.88 Å². The third-order valence-electron chi connectivity index (χ3n) is 5.17. The van der Waals surface area contributed by atoms with Crippen molar-refractivity contribution in [1.82, 2.24) is 9.97 Å². The average Bonchev–Trinajstić information content (AvgIpc) is 3.54. The van der Waals surface area contributed by atoms with Gasteiger partial charge in [0.15, 0.2) is 10.9 Å². The Morgan fingerprint density at radius 1 is 1.19 bits per heavy atom. The van der Waals surface area contributed by atoms with E-state index in [1.165, 1.54) is 38.9 Å². The molecule has 0 fully saturated rings. The van der Waals surface area contributed by atoms with Crippen LogP contribution in [0.2, 0.25) is 0 Å². The molecule has 162 valence electrons. The number of aliphatic hydroxyl groups is 1. The van der Waals surface area contributed by atoms with Crippen LogP contribution in [0.25, 0.3) is 10.2 Å². The first-order valence-electron chi connectivity index (χ1n) is 9.62. The second-order valence-electron chi connectivity index (χ2n) is 7.16. The lowest BCUT2D eigenvalue weighted by Gasteiger charge is -2.22. The number of nitrogens with zero attached hydrogens (tertiary/aromatic N) is 3. The summed E-state index contributed by atoms with van der Waals surface area (Å²) in [4.78, 5) is 38.3. The van der Waals surface area contributed by atoms with E-state index in [0.29, 0.717) is 27.0 Å². The molecule has 3 aromatic heterocycles. The number of Topliss-reactive ketones (excluding diaryl/α,β-unsaturated/α-hetero) is 1. The van der Waals surface area contributed by atoms with Gasteiger partial charge >= 0.3 is 0 Å². The molecular weight excluding hydrogens is 466 g/mol. The highest BCUT2D eigenvalue weighted by Gasteiger charge is 2.47. The number of aliphatic hydroxyl groups excluding tert-OH is 1. The topological polar surface area (TPSA) is 92.6 Å². The summed E-state index contributed by atoms with van der Waals surface area (Å²) in [6, 6.07) is 8.40. The van der Waals surface area contributed by atoms with Crippen molar-refractivity contribution in [2.45, 2.75) is 19.9 Å². The standard InChI is InChI=1S/C22H17N3O4S3/c1-10-20(31-11(2)23-10)18(26)16-17(14-5-4-8-30-14)25(21(28)19(16)27)22-24-13-7-6-12(29-3)9-15(13)32-22/h4-9,17,27H,1-3H3. The first-order valence-corrected chi connectivity index (χ1v) is 12.1. The molecule has 10 heteroatoms. The number of hydrogen-bond acceptors (Lipinski definition) is 9. The number of thiophene rings is 1. The molecule has 0 bridgehead atoms. The van der Waals surface area contributed by atoms with Crippen molar-refractivity contribution in [3.8, 4) is 5.75 Å². The lowest BCUT2D eigenvalue weighted by molar-refractivity contribution is -0.117. The predicted molar refractivity (Wildman–Crippen MR) is 126 cm³/mol. The SMILES string of the molecule is COc1ccc2nc(N3C(=O)C(O)=C(C(=O)c4sc(C)nc4C)C3c3cccs3)sc2c1. The molecule has 1 aliphatic rings. The van der Waals surface area contributed by atoms with Crippen molar-refractivity contribution < 1.29 is 19.4 Å². The number of benzene rings is 1. The first kappa shape index (κ1) is 20.8. The lowest BCUT2D eigenvalue weighted by atomic mass is 10.0. The number of anilines is 1. The van der Waals surface area contributed by atoms with Gasteiger partial charge in [-0.05, 0) is 43.5 Å². The van der Waals surface area contributed by atoms with Crippen LogP contribution in [0.1, 0.15) is 31.3 Å². The third-order valence-corrected chi connectivity index (χ3v) is 8.18. The summed E-state index contributed by atoms with van der Waals surface area (Å²) in [5.41, 5.74) is 1.35. The van der Waals surface area contributed by atoms with Crippen LogP contribution in [0, 0.1) is 13.8 Å². The Morgan fingerprint density at radius 3 is 2.66 bits per heavy atom. The number of ketones is 1. The minimum Gasteiger partial charge on any atom is -0.503 e. The summed E-state index contributed by atoms with van der Waals surface area (Å²) in [6.07, 6.45) is 0. The van der Waals surface area contributed by atoms with Crippen molar-refractivity contribution >= 4 is 61.0 Å². The fraction of sp³-hybridized carbons (Fsp3) is 0.182. The van der Waals surface area contributed by atoms with E-state index in [1.54, 1.807) is 20.1 Å². The third kappa shape index (κ3) is 3.22. The average molecular weight is 484 g/mol. The number of amides is 1. The van der Waals surface area contributed by atoms with Gasteiger partial charge in [-0.3, -0.25) is 14.5 Å². The van der Waals surface area contributed by atoms with Crippen LogP contribution in [-0.4, -0.2) is 33.9 Å². The molecule has 1 atom stereocenters. The summed E-state index contributed by atoms with van der Waals surface area (Å²) < 4.78 is 6.13. The second kappa shape index (κ2) is 7.80. The second-order valence-corrected chi connectivity index (χ2v) is 10.4. The van der Waals surface area contributed by atoms with Crippen molar-refractivity contribution in [3.63, 3.8) is 0 Å². The molecule has 7 nitrogen and oxygen atoms in total. The van der Waals surface area contributed by atoms with E-state index >= 15 is 0 Å². The number of aryl methyl sites for hydroxylation is 2. The Labute approximate surface area is 195 Å². The van der Waals surface area contributed by atoms with Crippen LogP contribution in [0.5, 0.6) is 5.75 Å². The molecule has 4 heterocycles. The molecule has 1 N–H and O–H groups in total. The summed E-state index contributed by atoms with van der Waals surface area (Å²) in [5.74, 6) is -0.891. The Balaban J connectivity index is 1.65. The molecule has 1 unspecified atom stereocenters. The zero-order valence-electron chi connectivity index (χ0n) is 17.3. The molecule has 5 rings (SSSR count). The Bertz CT molecular complexity index is 1400. The van der Waals surface area contributed by atoms with Gasteiger partial charge in [-0.1, -0.05) is 17.4 Å². The van der Waals surface area contributed by atoms with E-state index in [9.17, 15) is 14.7 Å². The van der Waals surface area contributed by atoms with Gasteiger partial charge in [-0.2, -0.15) is 0 Å². The van der Waals surface area contributed by atoms with E-state index in [4.69, 9.17) is 4.74 Å². The highest BCUT2D eigenvalue weighted by Crippen LogP contribution is 2.46. The zero-order chi connectivity index (χ0) is 22.6. The monoisotopic (exact) mass is 483 g/mol. The van der Waals surface area contributed by atoms with Gasteiger partial charge in [0.2, 0.25) is 5.78 Å². The molecule has 0 saturated carbocycles. The minimum absolute atomic E-state index is 0.0565. The quantitative estimate of drug-likeness (QED) is 0.391. The summed E-state index contributed by atoms with van der Waals surface area (Å²) in [7, 11) is 1.59. The molecule has 1 aliphatic heterocycles. The van der Waals surface area contributed by atoms with E-state index in [2.05, 4.69) is 9.97 Å². The molecule has 0 radical (unpaired) electrons. The fourth-order valence-corrected chi connectivity index (χ4v) is 6.46. The molecule has 0 aliphatic carbocycles. The maximum Gasteiger partial charge on any atom is 0.296 e. The predicted octanol–water partition coefficient (Wildman–Crippen LogP) is 5.22. The van der Waals surface area contributed by atoms with Gasteiger partial charge in [0.05, 0.1) is 38.5 Å². The van der Waals surface area contributed by atoms with Gasteiger partial charge in [0.1, 0.15) is 11.8 Å². The largest absolute Gasteiger partial charge is 0.503 e. The molecule has 4 aromatic rings. The van der Waals surface area contributed by atoms with Gasteiger partial charge in [-0.25, -0.2) is 9.97 Å². The number of rotatable bonds is 5. The maximum absolute atomic E-state index is 13.5. The van der Waals surface area contributed by atoms with Crippen LogP contribution in [-0.2, 0) is 4.79 Å². The van der Waals surface area contributed by atoms with Crippen LogP contribution < -0.4 is 9.64 Å². The van der Waals surface area contributed by atoms with Crippen LogP contribution in [0.4, 0.5) is 5.13 Å². The molecule has 32 heavy (non-hydrogen) atoms. The highest BCUT2D eigenvalue weighted by atomic mass is 32.1. The van der Waals surface area contributed by atoms with Crippen LogP contribution in [0.15, 0.2) is 47.0 Å². The van der Waals surface area contributed by atoms with Gasteiger partial charge in [-0.15, -0.1) is 22.7 Å². The van der Waals surface area contributed by atoms with E-state index in [1.807, 2.05) is 36.6 Å². The molecular formula is C22H17N3O4S3. The van der Waals surface area contributed by atoms with Gasteiger partial charge in [0.25, 0.3) is 5.91 Å². The van der Waals surface area contributed by atoms with Crippen LogP contribution in [0.3, 0.4) is 0 Å². The Kier molecular flexibility index (Phi) is 5.07. The Hall–Kier alpha value is -3.08. The van der Waals surface area contributed by atoms with Crippen molar-refractivity contribution in [2.24, 2.45) is 0 Å². The van der Waals surface area contributed by atoms with Crippen molar-refractivity contribution in [1.29, 1.82) is 0 Å². The molecule has 0 spiro atoms. The van der Waals surface area contributed by atoms with Crippen molar-refractivity contribution in [3.05, 3.63) is 67.5 Å². The molecule has 1 aromatic carbocycles. The number of hydrogen-bond donors (Lipinski definition) is 1. The number of carbonyl (C=O) groups excluding carboxylic acids is 2. The maximum atomic E-state index is 13.5. The fourth-order valence-electron chi connectivity index (χ4n) is 3.74. The number of ether oxygens (including phenoxy) is 1. The number of aromatic nitrogens is 2. The molecule has 0 saturated heterocycles. The summed E-state index contributed by atoms with van der Waals surface area (Å²) in [5, 5.41) is 13.9. The Morgan fingerprint density at radius 2 is 2.00 bits per heavy atom. The number of thiazole rings is 2. The van der Waals surface area contributed by atoms with Crippen molar-refractivity contribution in [2.75, 3.05) is 12.0 Å². The zero-order valence-corrected chi connectivity index (χ0v) is 19.7. The normalized spacial score (nSPS) is 16.4. The highest BCUT2D eigenvalue weighted by molar-refractivity contribution is 7.22. The van der Waals surface area contributed by atoms with E-state index in [-0.39, 0.29) is 11.4 Å². The lowest BCUT2D eigenvalue weighted by Crippen LogP contribution is -2.30.